The quantitative estimate of drug-likeness (QED) is 0.789. The number of hydrogen-bond donors (Lipinski definition) is 0. The van der Waals surface area contributed by atoms with Crippen LogP contribution >= 0.6 is 0 Å². The highest BCUT2D eigenvalue weighted by atomic mass is 16.5. The molecule has 2 aliphatic rings. The molecule has 0 unspecified atom stereocenters. The molecule has 1 aliphatic heterocycles. The van der Waals surface area contributed by atoms with E-state index in [-0.39, 0.29) is 11.4 Å². The van der Waals surface area contributed by atoms with Crippen molar-refractivity contribution in [2.75, 3.05) is 27.3 Å². The molecular formula is C16H25N3O3. The van der Waals surface area contributed by atoms with Gasteiger partial charge < -0.3 is 9.47 Å². The van der Waals surface area contributed by atoms with Crippen LogP contribution in [0.15, 0.2) is 0 Å². The zero-order valence-corrected chi connectivity index (χ0v) is 13.9. The van der Waals surface area contributed by atoms with Crippen LogP contribution < -0.4 is 4.74 Å². The Hall–Kier alpha value is -1.56. The molecule has 6 heteroatoms. The van der Waals surface area contributed by atoms with Crippen LogP contribution in [0.3, 0.4) is 0 Å². The van der Waals surface area contributed by atoms with Gasteiger partial charge in [-0.2, -0.15) is 5.10 Å². The van der Waals surface area contributed by atoms with E-state index in [2.05, 4.69) is 10.00 Å². The molecule has 122 valence electrons. The van der Waals surface area contributed by atoms with Gasteiger partial charge in [-0.15, -0.1) is 0 Å². The van der Waals surface area contributed by atoms with Crippen molar-refractivity contribution >= 4 is 5.97 Å². The summed E-state index contributed by atoms with van der Waals surface area (Å²) in [4.78, 5) is 14.7. The standard InChI is InChI=1S/C16H25N3O3/c1-11-13(14(21-3)18(2)17-11)9-19-8-12-6-5-7-16(12,10-19)15(20)22-4/h12H,5-10H2,1-4H3/t12-,16-/m0/s1. The van der Waals surface area contributed by atoms with Crippen LogP contribution in [0.1, 0.15) is 30.5 Å². The molecule has 22 heavy (non-hydrogen) atoms. The minimum atomic E-state index is -0.294. The van der Waals surface area contributed by atoms with E-state index < -0.39 is 0 Å². The van der Waals surface area contributed by atoms with E-state index >= 15 is 0 Å². The Morgan fingerprint density at radius 3 is 2.91 bits per heavy atom. The van der Waals surface area contributed by atoms with Crippen LogP contribution in [0.4, 0.5) is 0 Å². The zero-order chi connectivity index (χ0) is 15.9. The Balaban J connectivity index is 1.80. The van der Waals surface area contributed by atoms with E-state index in [0.717, 1.165) is 56.0 Å². The van der Waals surface area contributed by atoms with Crippen LogP contribution in [0.2, 0.25) is 0 Å². The zero-order valence-electron chi connectivity index (χ0n) is 13.9. The van der Waals surface area contributed by atoms with Crippen molar-refractivity contribution < 1.29 is 14.3 Å². The minimum Gasteiger partial charge on any atom is -0.481 e. The molecule has 3 rings (SSSR count). The summed E-state index contributed by atoms with van der Waals surface area (Å²) in [6, 6.07) is 0. The van der Waals surface area contributed by atoms with Gasteiger partial charge in [0.1, 0.15) is 0 Å². The summed E-state index contributed by atoms with van der Waals surface area (Å²) in [6.45, 7) is 4.51. The van der Waals surface area contributed by atoms with Gasteiger partial charge in [0.2, 0.25) is 5.88 Å². The number of carbonyl (C=O) groups is 1. The number of hydrogen-bond acceptors (Lipinski definition) is 5. The molecule has 1 aliphatic carbocycles. The molecule has 0 radical (unpaired) electrons. The van der Waals surface area contributed by atoms with Gasteiger partial charge >= 0.3 is 5.97 Å². The van der Waals surface area contributed by atoms with Crippen LogP contribution in [-0.2, 0) is 23.1 Å². The third-order valence-corrected chi connectivity index (χ3v) is 5.40. The van der Waals surface area contributed by atoms with Crippen LogP contribution in [-0.4, -0.2) is 48.0 Å². The summed E-state index contributed by atoms with van der Waals surface area (Å²) in [5.74, 6) is 1.19. The number of ether oxygens (including phenoxy) is 2. The van der Waals surface area contributed by atoms with E-state index in [1.165, 1.54) is 7.11 Å². The first kappa shape index (κ1) is 15.3. The van der Waals surface area contributed by atoms with Crippen molar-refractivity contribution in [2.24, 2.45) is 18.4 Å². The maximum absolute atomic E-state index is 12.3. The fourth-order valence-corrected chi connectivity index (χ4v) is 4.39. The van der Waals surface area contributed by atoms with E-state index in [4.69, 9.17) is 9.47 Å². The molecule has 0 amide bonds. The summed E-state index contributed by atoms with van der Waals surface area (Å²) in [5.41, 5.74) is 1.81. The van der Waals surface area contributed by atoms with Gasteiger partial charge in [-0.25, -0.2) is 4.68 Å². The summed E-state index contributed by atoms with van der Waals surface area (Å²) in [6.07, 6.45) is 3.20. The van der Waals surface area contributed by atoms with Crippen LogP contribution in [0.25, 0.3) is 0 Å². The number of aryl methyl sites for hydroxylation is 2. The number of methoxy groups -OCH3 is 2. The average Bonchev–Trinajstić information content (AvgIpc) is 3.10. The molecule has 0 aromatic carbocycles. The van der Waals surface area contributed by atoms with Crippen molar-refractivity contribution in [1.29, 1.82) is 0 Å². The van der Waals surface area contributed by atoms with Gasteiger partial charge in [0.05, 0.1) is 30.9 Å². The number of esters is 1. The van der Waals surface area contributed by atoms with Crippen molar-refractivity contribution in [3.05, 3.63) is 11.3 Å². The number of fused-ring (bicyclic) bond motifs is 1. The normalized spacial score (nSPS) is 27.9. The monoisotopic (exact) mass is 307 g/mol. The fraction of sp³-hybridized carbons (Fsp3) is 0.750. The number of rotatable bonds is 4. The van der Waals surface area contributed by atoms with Crippen molar-refractivity contribution in [3.63, 3.8) is 0 Å². The number of likely N-dealkylation sites (tertiary alicyclic amines) is 1. The van der Waals surface area contributed by atoms with Crippen molar-refractivity contribution in [1.82, 2.24) is 14.7 Å². The Kier molecular flexibility index (Phi) is 3.89. The average molecular weight is 307 g/mol. The Morgan fingerprint density at radius 2 is 2.23 bits per heavy atom. The SMILES string of the molecule is COC(=O)[C@]12CCC[C@H]1CN(Cc1c(C)nn(C)c1OC)C2. The van der Waals surface area contributed by atoms with Gasteiger partial charge in [0.25, 0.3) is 0 Å². The maximum Gasteiger partial charge on any atom is 0.313 e. The molecule has 1 aromatic heterocycles. The topological polar surface area (TPSA) is 56.6 Å². The van der Waals surface area contributed by atoms with E-state index in [1.807, 2.05) is 14.0 Å². The highest BCUT2D eigenvalue weighted by Gasteiger charge is 2.55. The Morgan fingerprint density at radius 1 is 1.45 bits per heavy atom. The maximum atomic E-state index is 12.3. The second-order valence-electron chi connectivity index (χ2n) is 6.60. The first-order chi connectivity index (χ1) is 10.5. The molecule has 0 N–H and O–H groups in total. The summed E-state index contributed by atoms with van der Waals surface area (Å²) < 4.78 is 12.4. The molecule has 0 bridgehead atoms. The molecule has 1 aromatic rings. The largest absolute Gasteiger partial charge is 0.481 e. The molecule has 6 nitrogen and oxygen atoms in total. The predicted octanol–water partition coefficient (Wildman–Crippen LogP) is 1.51. The lowest BCUT2D eigenvalue weighted by Gasteiger charge is -2.25. The lowest BCUT2D eigenvalue weighted by molar-refractivity contribution is -0.153. The second-order valence-corrected chi connectivity index (χ2v) is 6.60. The van der Waals surface area contributed by atoms with E-state index in [0.29, 0.717) is 5.92 Å². The number of aromatic nitrogens is 2. The van der Waals surface area contributed by atoms with Crippen LogP contribution in [0, 0.1) is 18.3 Å². The summed E-state index contributed by atoms with van der Waals surface area (Å²) in [5, 5.41) is 4.44. The smallest absolute Gasteiger partial charge is 0.313 e. The summed E-state index contributed by atoms with van der Waals surface area (Å²) >= 11 is 0. The molecule has 2 atom stereocenters. The van der Waals surface area contributed by atoms with E-state index in [9.17, 15) is 4.79 Å². The van der Waals surface area contributed by atoms with Gasteiger partial charge in [-0.05, 0) is 25.7 Å². The third kappa shape index (κ3) is 2.20. The fourth-order valence-electron chi connectivity index (χ4n) is 4.39. The molecule has 1 saturated heterocycles. The van der Waals surface area contributed by atoms with Crippen molar-refractivity contribution in [3.8, 4) is 5.88 Å². The molecule has 0 spiro atoms. The van der Waals surface area contributed by atoms with Gasteiger partial charge in [-0.3, -0.25) is 9.69 Å². The first-order valence-corrected chi connectivity index (χ1v) is 7.89. The van der Waals surface area contributed by atoms with E-state index in [1.54, 1.807) is 11.8 Å². The lowest BCUT2D eigenvalue weighted by atomic mass is 9.81. The molecule has 2 fully saturated rings. The highest BCUT2D eigenvalue weighted by Crippen LogP contribution is 2.50. The van der Waals surface area contributed by atoms with Gasteiger partial charge in [0.15, 0.2) is 0 Å². The van der Waals surface area contributed by atoms with Gasteiger partial charge in [0, 0.05) is 26.7 Å². The highest BCUT2D eigenvalue weighted by molar-refractivity contribution is 5.78. The molecule has 2 heterocycles. The predicted molar refractivity (Wildman–Crippen MR) is 81.6 cm³/mol. The van der Waals surface area contributed by atoms with Crippen molar-refractivity contribution in [2.45, 2.75) is 32.7 Å². The number of carbonyl (C=O) groups excluding carboxylic acids is 1. The molecule has 1 saturated carbocycles. The Bertz CT molecular complexity index is 583. The minimum absolute atomic E-state index is 0.0348. The van der Waals surface area contributed by atoms with Crippen LogP contribution in [0.5, 0.6) is 5.88 Å². The number of nitrogens with zero attached hydrogens (tertiary/aromatic N) is 3. The third-order valence-electron chi connectivity index (χ3n) is 5.40. The Labute approximate surface area is 131 Å². The first-order valence-electron chi connectivity index (χ1n) is 7.89. The van der Waals surface area contributed by atoms with Gasteiger partial charge in [-0.1, -0.05) is 6.42 Å². The lowest BCUT2D eigenvalue weighted by Crippen LogP contribution is -2.36. The summed E-state index contributed by atoms with van der Waals surface area (Å²) in [7, 11) is 5.07. The molecular weight excluding hydrogens is 282 g/mol. The second kappa shape index (κ2) is 5.57.